The minimum Gasteiger partial charge on any atom is -0.460 e. The summed E-state index contributed by atoms with van der Waals surface area (Å²) in [7, 11) is 1.77. The summed E-state index contributed by atoms with van der Waals surface area (Å²) in [4.78, 5) is 40.2. The van der Waals surface area contributed by atoms with Crippen LogP contribution in [0.25, 0.3) is 27.8 Å². The molecule has 3 aromatic heterocycles. The van der Waals surface area contributed by atoms with E-state index in [1.807, 2.05) is 36.4 Å². The standard InChI is InChI=1S/C35H32FN9O3/c1-44-18-24(17-39-44)40-35-42-31(41-34(38)43-35)25-8-5-9-29(26(25)19-48-33(47)28(37)14-20-6-3-2-4-7-20)45-13-12-22-15-23(21-10-11-21)16-27(36)30(22)32(45)46/h2-9,12-13,15-18,21,28H,10-11,14,19,37H2,1H3,(H3,38,40,41,42,43)/t28-/m0/s1. The van der Waals surface area contributed by atoms with Crippen LogP contribution in [0.15, 0.2) is 90.1 Å². The predicted octanol–water partition coefficient (Wildman–Crippen LogP) is 4.53. The summed E-state index contributed by atoms with van der Waals surface area (Å²) in [6.45, 7) is -0.294. The molecule has 0 bridgehead atoms. The number of esters is 1. The summed E-state index contributed by atoms with van der Waals surface area (Å²) in [5.74, 6) is -0.659. The molecule has 48 heavy (non-hydrogen) atoms. The van der Waals surface area contributed by atoms with Crippen LogP contribution in [0, 0.1) is 5.82 Å². The molecule has 7 rings (SSSR count). The average Bonchev–Trinajstić information content (AvgIpc) is 3.85. The van der Waals surface area contributed by atoms with Gasteiger partial charge in [-0.25, -0.2) is 4.39 Å². The van der Waals surface area contributed by atoms with Gasteiger partial charge < -0.3 is 21.5 Å². The van der Waals surface area contributed by atoms with Crippen molar-refractivity contribution in [3.05, 3.63) is 118 Å². The van der Waals surface area contributed by atoms with E-state index in [-0.39, 0.29) is 36.1 Å². The molecule has 1 atom stereocenters. The number of carbonyl (C=O) groups excluding carboxylic acids is 1. The van der Waals surface area contributed by atoms with Gasteiger partial charge in [-0.3, -0.25) is 18.8 Å². The van der Waals surface area contributed by atoms with Crippen molar-refractivity contribution in [2.75, 3.05) is 11.1 Å². The molecule has 12 nitrogen and oxygen atoms in total. The van der Waals surface area contributed by atoms with Crippen LogP contribution in [-0.4, -0.2) is 41.3 Å². The van der Waals surface area contributed by atoms with Crippen molar-refractivity contribution in [2.24, 2.45) is 12.8 Å². The second-order valence-corrected chi connectivity index (χ2v) is 11.8. The Morgan fingerprint density at radius 3 is 2.65 bits per heavy atom. The Balaban J connectivity index is 1.30. The molecular weight excluding hydrogens is 613 g/mol. The second kappa shape index (κ2) is 12.7. The summed E-state index contributed by atoms with van der Waals surface area (Å²) in [6.07, 6.45) is 7.21. The molecule has 13 heteroatoms. The number of nitrogens with zero attached hydrogens (tertiary/aromatic N) is 6. The minimum absolute atomic E-state index is 0.0347. The Morgan fingerprint density at radius 2 is 1.90 bits per heavy atom. The van der Waals surface area contributed by atoms with E-state index in [0.717, 1.165) is 24.0 Å². The van der Waals surface area contributed by atoms with E-state index in [4.69, 9.17) is 16.2 Å². The first-order valence-corrected chi connectivity index (χ1v) is 15.4. The van der Waals surface area contributed by atoms with Gasteiger partial charge in [-0.1, -0.05) is 48.5 Å². The molecule has 5 N–H and O–H groups in total. The van der Waals surface area contributed by atoms with E-state index in [2.05, 4.69) is 25.4 Å². The van der Waals surface area contributed by atoms with Crippen LogP contribution in [0.4, 0.5) is 22.0 Å². The summed E-state index contributed by atoms with van der Waals surface area (Å²) in [5.41, 5.74) is 15.3. The van der Waals surface area contributed by atoms with E-state index in [0.29, 0.717) is 33.8 Å². The van der Waals surface area contributed by atoms with Crippen molar-refractivity contribution in [1.82, 2.24) is 29.3 Å². The van der Waals surface area contributed by atoms with E-state index < -0.39 is 23.4 Å². The second-order valence-electron chi connectivity index (χ2n) is 11.8. The van der Waals surface area contributed by atoms with Crippen molar-refractivity contribution < 1.29 is 13.9 Å². The number of fused-ring (bicyclic) bond motifs is 1. The van der Waals surface area contributed by atoms with Crippen molar-refractivity contribution >= 4 is 34.3 Å². The largest absolute Gasteiger partial charge is 0.460 e. The summed E-state index contributed by atoms with van der Waals surface area (Å²) in [6, 6.07) is 18.6. The molecule has 1 aliphatic carbocycles. The van der Waals surface area contributed by atoms with Gasteiger partial charge in [0.2, 0.25) is 11.9 Å². The first kappa shape index (κ1) is 30.7. The van der Waals surface area contributed by atoms with Crippen LogP contribution in [-0.2, 0) is 29.6 Å². The van der Waals surface area contributed by atoms with Gasteiger partial charge in [-0.05, 0) is 59.9 Å². The number of anilines is 3. The number of benzene rings is 3. The van der Waals surface area contributed by atoms with Crippen LogP contribution in [0.2, 0.25) is 0 Å². The molecular formula is C35H32FN9O3. The monoisotopic (exact) mass is 645 g/mol. The highest BCUT2D eigenvalue weighted by molar-refractivity contribution is 5.84. The average molecular weight is 646 g/mol. The van der Waals surface area contributed by atoms with Gasteiger partial charge in [0.1, 0.15) is 18.5 Å². The van der Waals surface area contributed by atoms with Crippen LogP contribution in [0.1, 0.15) is 35.4 Å². The molecule has 242 valence electrons. The number of hydrogen-bond donors (Lipinski definition) is 3. The SMILES string of the molecule is Cn1cc(Nc2nc(N)nc(-c3cccc(-n4ccc5cc(C6CC6)cc(F)c5c4=O)c3COC(=O)[C@@H](N)Cc3ccccc3)n2)cn1. The number of aromatic nitrogens is 6. The van der Waals surface area contributed by atoms with E-state index in [1.54, 1.807) is 54.6 Å². The zero-order chi connectivity index (χ0) is 33.4. The molecule has 1 saturated carbocycles. The Bertz CT molecular complexity index is 2210. The lowest BCUT2D eigenvalue weighted by atomic mass is 10.0. The molecule has 0 aliphatic heterocycles. The smallest absolute Gasteiger partial charge is 0.323 e. The lowest BCUT2D eigenvalue weighted by Gasteiger charge is -2.18. The summed E-state index contributed by atoms with van der Waals surface area (Å²) >= 11 is 0. The molecule has 3 aromatic carbocycles. The Kier molecular flexibility index (Phi) is 8.11. The third kappa shape index (κ3) is 6.35. The Labute approximate surface area is 274 Å². The molecule has 0 radical (unpaired) electrons. The fraction of sp³-hybridized carbons (Fsp3) is 0.200. The van der Waals surface area contributed by atoms with Gasteiger partial charge in [0.05, 0.1) is 23.0 Å². The number of nitrogen functional groups attached to an aromatic ring is 1. The van der Waals surface area contributed by atoms with Crippen LogP contribution < -0.4 is 22.3 Å². The molecule has 0 unspecified atom stereocenters. The number of pyridine rings is 1. The van der Waals surface area contributed by atoms with Gasteiger partial charge in [0.25, 0.3) is 5.56 Å². The maximum atomic E-state index is 15.5. The number of nitrogens with one attached hydrogen (secondary N) is 1. The zero-order valence-corrected chi connectivity index (χ0v) is 26.0. The number of aryl methyl sites for hydroxylation is 1. The fourth-order valence-electron chi connectivity index (χ4n) is 5.74. The zero-order valence-electron chi connectivity index (χ0n) is 26.0. The highest BCUT2D eigenvalue weighted by Crippen LogP contribution is 2.41. The maximum Gasteiger partial charge on any atom is 0.323 e. The Hall–Kier alpha value is -5.95. The van der Waals surface area contributed by atoms with Crippen molar-refractivity contribution in [1.29, 1.82) is 0 Å². The lowest BCUT2D eigenvalue weighted by molar-refractivity contribution is -0.146. The number of rotatable bonds is 10. The van der Waals surface area contributed by atoms with Gasteiger partial charge in [0, 0.05) is 30.6 Å². The van der Waals surface area contributed by atoms with Gasteiger partial charge in [-0.15, -0.1) is 0 Å². The molecule has 0 saturated heterocycles. The third-order valence-corrected chi connectivity index (χ3v) is 8.25. The molecule has 1 aliphatic rings. The van der Waals surface area contributed by atoms with Gasteiger partial charge >= 0.3 is 5.97 Å². The van der Waals surface area contributed by atoms with Crippen LogP contribution in [0.5, 0.6) is 0 Å². The van der Waals surface area contributed by atoms with Gasteiger partial charge in [0.15, 0.2) is 5.82 Å². The molecule has 1 fully saturated rings. The van der Waals surface area contributed by atoms with Crippen molar-refractivity contribution in [3.8, 4) is 17.1 Å². The number of carbonyl (C=O) groups is 1. The van der Waals surface area contributed by atoms with E-state index >= 15 is 4.39 Å². The summed E-state index contributed by atoms with van der Waals surface area (Å²) in [5, 5.41) is 7.68. The Morgan fingerprint density at radius 1 is 1.08 bits per heavy atom. The number of ether oxygens (including phenoxy) is 1. The van der Waals surface area contributed by atoms with E-state index in [9.17, 15) is 9.59 Å². The topological polar surface area (TPSA) is 169 Å². The van der Waals surface area contributed by atoms with Crippen molar-refractivity contribution in [3.63, 3.8) is 0 Å². The molecule has 6 aromatic rings. The number of hydrogen-bond acceptors (Lipinski definition) is 10. The third-order valence-electron chi connectivity index (χ3n) is 8.25. The number of nitrogens with two attached hydrogens (primary N) is 2. The molecule has 0 spiro atoms. The first-order chi connectivity index (χ1) is 23.2. The molecule has 3 heterocycles. The quantitative estimate of drug-likeness (QED) is 0.180. The van der Waals surface area contributed by atoms with Gasteiger partial charge in [-0.2, -0.15) is 20.1 Å². The molecule has 0 amide bonds. The van der Waals surface area contributed by atoms with E-state index in [1.165, 1.54) is 10.6 Å². The highest BCUT2D eigenvalue weighted by Gasteiger charge is 2.26. The summed E-state index contributed by atoms with van der Waals surface area (Å²) < 4.78 is 24.2. The maximum absolute atomic E-state index is 15.5. The highest BCUT2D eigenvalue weighted by atomic mass is 19.1. The van der Waals surface area contributed by atoms with Crippen LogP contribution >= 0.6 is 0 Å². The minimum atomic E-state index is -0.940. The first-order valence-electron chi connectivity index (χ1n) is 15.4. The normalized spacial score (nSPS) is 13.4. The van der Waals surface area contributed by atoms with Crippen molar-refractivity contribution in [2.45, 2.75) is 37.8 Å². The predicted molar refractivity (Wildman–Crippen MR) is 179 cm³/mol. The number of halogens is 1. The fourth-order valence-corrected chi connectivity index (χ4v) is 5.74. The lowest BCUT2D eigenvalue weighted by Crippen LogP contribution is -2.34. The van der Waals surface area contributed by atoms with Crippen LogP contribution in [0.3, 0.4) is 0 Å².